The highest BCUT2D eigenvalue weighted by Gasteiger charge is 2.14. The topological polar surface area (TPSA) is 79.5 Å². The van der Waals surface area contributed by atoms with E-state index in [0.29, 0.717) is 11.4 Å². The van der Waals surface area contributed by atoms with E-state index >= 15 is 0 Å². The minimum Gasteiger partial charge on any atom is -0.375 e. The van der Waals surface area contributed by atoms with Crippen molar-refractivity contribution in [2.24, 2.45) is 0 Å². The van der Waals surface area contributed by atoms with Crippen LogP contribution < -0.4 is 16.0 Å². The van der Waals surface area contributed by atoms with Crippen molar-refractivity contribution < 1.29 is 23.1 Å². The van der Waals surface area contributed by atoms with E-state index in [9.17, 15) is 18.4 Å². The second-order valence-electron chi connectivity index (χ2n) is 5.97. The number of nitrogens with one attached hydrogen (secondary N) is 3. The number of carbonyl (C=O) groups excluding carboxylic acids is 2. The smallest absolute Gasteiger partial charge is 0.319 e. The molecule has 0 radical (unpaired) electrons. The van der Waals surface area contributed by atoms with Gasteiger partial charge in [-0.15, -0.1) is 0 Å². The molecule has 0 aliphatic rings. The zero-order chi connectivity index (χ0) is 19.8. The molecular weight excluding hydrogens is 356 g/mol. The molecule has 2 aromatic rings. The normalized spacial score (nSPS) is 11.6. The number of carbonyl (C=O) groups is 2. The third kappa shape index (κ3) is 6.34. The average molecular weight is 377 g/mol. The second kappa shape index (κ2) is 9.63. The van der Waals surface area contributed by atoms with Crippen LogP contribution in [-0.2, 0) is 16.0 Å². The molecule has 0 unspecified atom stereocenters. The van der Waals surface area contributed by atoms with Gasteiger partial charge in [-0.05, 0) is 43.7 Å². The summed E-state index contributed by atoms with van der Waals surface area (Å²) in [5, 5.41) is 7.86. The predicted molar refractivity (Wildman–Crippen MR) is 98.6 cm³/mol. The molecule has 0 aliphatic heterocycles. The van der Waals surface area contributed by atoms with E-state index in [1.165, 1.54) is 25.3 Å². The van der Waals surface area contributed by atoms with Crippen molar-refractivity contribution in [2.75, 3.05) is 24.4 Å². The molecule has 144 valence electrons. The molecule has 3 N–H and O–H groups in total. The monoisotopic (exact) mass is 377 g/mol. The van der Waals surface area contributed by atoms with Gasteiger partial charge in [-0.2, -0.15) is 0 Å². The van der Waals surface area contributed by atoms with Gasteiger partial charge in [-0.3, -0.25) is 4.79 Å². The Labute approximate surface area is 155 Å². The van der Waals surface area contributed by atoms with E-state index in [-0.39, 0.29) is 24.5 Å². The number of hydrogen-bond donors (Lipinski definition) is 3. The summed E-state index contributed by atoms with van der Waals surface area (Å²) in [5.74, 6) is -1.62. The van der Waals surface area contributed by atoms with Gasteiger partial charge in [0.15, 0.2) is 0 Å². The van der Waals surface area contributed by atoms with Crippen LogP contribution in [0.4, 0.5) is 25.0 Å². The van der Waals surface area contributed by atoms with Crippen LogP contribution in [0.1, 0.15) is 12.5 Å². The molecule has 27 heavy (non-hydrogen) atoms. The van der Waals surface area contributed by atoms with Crippen molar-refractivity contribution in [1.29, 1.82) is 0 Å². The van der Waals surface area contributed by atoms with Crippen molar-refractivity contribution in [3.05, 3.63) is 59.7 Å². The zero-order valence-corrected chi connectivity index (χ0v) is 15.0. The van der Waals surface area contributed by atoms with Crippen molar-refractivity contribution in [1.82, 2.24) is 5.32 Å². The van der Waals surface area contributed by atoms with E-state index < -0.39 is 23.7 Å². The number of methoxy groups -OCH3 is 1. The van der Waals surface area contributed by atoms with Crippen LogP contribution >= 0.6 is 0 Å². The molecule has 0 saturated carbocycles. The third-order valence-corrected chi connectivity index (χ3v) is 3.63. The Balaban J connectivity index is 1.92. The van der Waals surface area contributed by atoms with Gasteiger partial charge in [-0.25, -0.2) is 13.6 Å². The van der Waals surface area contributed by atoms with Crippen LogP contribution in [0.3, 0.4) is 0 Å². The number of amides is 3. The first-order chi connectivity index (χ1) is 12.9. The molecule has 1 atom stereocenters. The molecule has 0 saturated heterocycles. The summed E-state index contributed by atoms with van der Waals surface area (Å²) in [6, 6.07) is 9.17. The summed E-state index contributed by atoms with van der Waals surface area (Å²) in [4.78, 5) is 23.6. The Morgan fingerprint density at radius 1 is 1.04 bits per heavy atom. The molecule has 8 heteroatoms. The van der Waals surface area contributed by atoms with E-state index in [2.05, 4.69) is 16.0 Å². The summed E-state index contributed by atoms with van der Waals surface area (Å²) in [6.45, 7) is 1.56. The number of ether oxygens (including phenoxy) is 1. The van der Waals surface area contributed by atoms with Crippen molar-refractivity contribution in [3.63, 3.8) is 0 Å². The van der Waals surface area contributed by atoms with Crippen molar-refractivity contribution in [3.8, 4) is 0 Å². The van der Waals surface area contributed by atoms with Crippen LogP contribution in [-0.4, -0.2) is 31.7 Å². The maximum Gasteiger partial charge on any atom is 0.319 e. The first-order valence-corrected chi connectivity index (χ1v) is 8.28. The summed E-state index contributed by atoms with van der Waals surface area (Å²) >= 11 is 0. The van der Waals surface area contributed by atoms with Crippen molar-refractivity contribution in [2.45, 2.75) is 19.4 Å². The van der Waals surface area contributed by atoms with Gasteiger partial charge in [0.2, 0.25) is 5.91 Å². The SMILES string of the molecule is COCC(=O)Nc1cccc(NC(=O)N[C@H](C)Cc2c(F)cccc2F)c1. The largest absolute Gasteiger partial charge is 0.375 e. The van der Waals surface area contributed by atoms with E-state index in [1.807, 2.05) is 0 Å². The molecule has 2 rings (SSSR count). The van der Waals surface area contributed by atoms with Gasteiger partial charge in [0.25, 0.3) is 0 Å². The molecule has 0 heterocycles. The van der Waals surface area contributed by atoms with Crippen LogP contribution in [0.5, 0.6) is 0 Å². The molecule has 3 amide bonds. The van der Waals surface area contributed by atoms with Crippen LogP contribution in [0, 0.1) is 11.6 Å². The van der Waals surface area contributed by atoms with Gasteiger partial charge < -0.3 is 20.7 Å². The molecule has 2 aromatic carbocycles. The van der Waals surface area contributed by atoms with Crippen LogP contribution in [0.25, 0.3) is 0 Å². The minimum absolute atomic E-state index is 0.0129. The van der Waals surface area contributed by atoms with Gasteiger partial charge >= 0.3 is 6.03 Å². The lowest BCUT2D eigenvalue weighted by Crippen LogP contribution is -2.37. The van der Waals surface area contributed by atoms with Gasteiger partial charge in [0, 0.05) is 30.1 Å². The molecule has 0 bridgehead atoms. The van der Waals surface area contributed by atoms with E-state index in [1.54, 1.807) is 31.2 Å². The fourth-order valence-electron chi connectivity index (χ4n) is 2.48. The first-order valence-electron chi connectivity index (χ1n) is 8.28. The highest BCUT2D eigenvalue weighted by atomic mass is 19.1. The average Bonchev–Trinajstić information content (AvgIpc) is 2.58. The Morgan fingerprint density at radius 2 is 1.63 bits per heavy atom. The number of rotatable bonds is 7. The number of urea groups is 1. The van der Waals surface area contributed by atoms with Gasteiger partial charge in [0.1, 0.15) is 18.2 Å². The summed E-state index contributed by atoms with van der Waals surface area (Å²) < 4.78 is 32.1. The highest BCUT2D eigenvalue weighted by molar-refractivity contribution is 5.94. The van der Waals surface area contributed by atoms with Crippen LogP contribution in [0.15, 0.2) is 42.5 Å². The molecule has 0 aromatic heterocycles. The predicted octanol–water partition coefficient (Wildman–Crippen LogP) is 3.30. The van der Waals surface area contributed by atoms with Crippen molar-refractivity contribution >= 4 is 23.3 Å². The number of benzene rings is 2. The Kier molecular flexibility index (Phi) is 7.25. The van der Waals surface area contributed by atoms with E-state index in [4.69, 9.17) is 4.74 Å². The van der Waals surface area contributed by atoms with E-state index in [0.717, 1.165) is 0 Å². The fraction of sp³-hybridized carbons (Fsp3) is 0.263. The van der Waals surface area contributed by atoms with Gasteiger partial charge in [-0.1, -0.05) is 12.1 Å². The molecule has 0 aliphatic carbocycles. The number of anilines is 2. The maximum absolute atomic E-state index is 13.7. The molecular formula is C19H21F2N3O3. The number of hydrogen-bond acceptors (Lipinski definition) is 3. The lowest BCUT2D eigenvalue weighted by Gasteiger charge is -2.16. The summed E-state index contributed by atoms with van der Waals surface area (Å²) in [5.41, 5.74) is 0.872. The van der Waals surface area contributed by atoms with Gasteiger partial charge in [0.05, 0.1) is 0 Å². The first kappa shape index (κ1) is 20.3. The summed E-state index contributed by atoms with van der Waals surface area (Å²) in [7, 11) is 1.41. The quantitative estimate of drug-likeness (QED) is 0.693. The number of halogens is 2. The lowest BCUT2D eigenvalue weighted by molar-refractivity contribution is -0.119. The highest BCUT2D eigenvalue weighted by Crippen LogP contribution is 2.16. The summed E-state index contributed by atoms with van der Waals surface area (Å²) in [6.07, 6.45) is 0.0129. The molecule has 6 nitrogen and oxygen atoms in total. The molecule has 0 spiro atoms. The maximum atomic E-state index is 13.7. The lowest BCUT2D eigenvalue weighted by atomic mass is 10.1. The standard InChI is InChI=1S/C19H21F2N3O3/c1-12(9-15-16(20)7-4-8-17(15)21)22-19(26)24-14-6-3-5-13(10-14)23-18(25)11-27-2/h3-8,10,12H,9,11H2,1-2H3,(H,23,25)(H2,22,24,26)/t12-/m1/s1. The zero-order valence-electron chi connectivity index (χ0n) is 15.0. The Hall–Kier alpha value is -3.00. The Bertz CT molecular complexity index is 794. The fourth-order valence-corrected chi connectivity index (χ4v) is 2.48. The third-order valence-electron chi connectivity index (χ3n) is 3.63. The second-order valence-corrected chi connectivity index (χ2v) is 5.97. The Morgan fingerprint density at radius 3 is 2.26 bits per heavy atom. The molecule has 0 fully saturated rings. The minimum atomic E-state index is -0.649. The van der Waals surface area contributed by atoms with Crippen LogP contribution in [0.2, 0.25) is 0 Å².